The SMILES string of the molecule is CN1CCC(C)(NCC(=O)N2C(C#N)CCC2C#N)CC1. The Bertz CT molecular complexity index is 447. The highest BCUT2D eigenvalue weighted by molar-refractivity contribution is 5.80. The summed E-state index contributed by atoms with van der Waals surface area (Å²) < 4.78 is 0. The van der Waals surface area contributed by atoms with E-state index >= 15 is 0 Å². The normalized spacial score (nSPS) is 28.9. The predicted octanol–water partition coefficient (Wildman–Crippen LogP) is 0.467. The minimum atomic E-state index is -0.450. The average molecular weight is 289 g/mol. The molecule has 2 rings (SSSR count). The number of hydrogen-bond acceptors (Lipinski definition) is 5. The van der Waals surface area contributed by atoms with Crippen LogP contribution in [-0.4, -0.2) is 60.0 Å². The predicted molar refractivity (Wildman–Crippen MR) is 78.0 cm³/mol. The van der Waals surface area contributed by atoms with Crippen LogP contribution < -0.4 is 5.32 Å². The lowest BCUT2D eigenvalue weighted by atomic mass is 9.90. The molecule has 2 saturated heterocycles. The van der Waals surface area contributed by atoms with Crippen LogP contribution in [0.4, 0.5) is 0 Å². The van der Waals surface area contributed by atoms with Gasteiger partial charge in [-0.25, -0.2) is 0 Å². The fourth-order valence-electron chi connectivity index (χ4n) is 3.08. The van der Waals surface area contributed by atoms with Gasteiger partial charge >= 0.3 is 0 Å². The van der Waals surface area contributed by atoms with Crippen LogP contribution in [0.25, 0.3) is 0 Å². The molecule has 2 unspecified atom stereocenters. The highest BCUT2D eigenvalue weighted by Crippen LogP contribution is 2.24. The Labute approximate surface area is 126 Å². The van der Waals surface area contributed by atoms with E-state index in [0.29, 0.717) is 12.8 Å². The number of amides is 1. The summed E-state index contributed by atoms with van der Waals surface area (Å²) in [4.78, 5) is 16.1. The van der Waals surface area contributed by atoms with Crippen molar-refractivity contribution in [2.75, 3.05) is 26.7 Å². The number of nitrogens with one attached hydrogen (secondary N) is 1. The topological polar surface area (TPSA) is 83.2 Å². The van der Waals surface area contributed by atoms with Crippen LogP contribution in [-0.2, 0) is 4.79 Å². The van der Waals surface area contributed by atoms with Crippen LogP contribution in [0.15, 0.2) is 0 Å². The lowest BCUT2D eigenvalue weighted by molar-refractivity contribution is -0.131. The van der Waals surface area contributed by atoms with Crippen LogP contribution in [0.5, 0.6) is 0 Å². The molecular formula is C15H23N5O. The summed E-state index contributed by atoms with van der Waals surface area (Å²) in [6.45, 7) is 4.38. The molecule has 0 aliphatic carbocycles. The zero-order valence-electron chi connectivity index (χ0n) is 12.8. The van der Waals surface area contributed by atoms with Crippen LogP contribution in [0, 0.1) is 22.7 Å². The van der Waals surface area contributed by atoms with Gasteiger partial charge in [0.2, 0.25) is 5.91 Å². The van der Waals surface area contributed by atoms with Crippen molar-refractivity contribution in [2.24, 2.45) is 0 Å². The van der Waals surface area contributed by atoms with E-state index < -0.39 is 12.1 Å². The van der Waals surface area contributed by atoms with Crippen molar-refractivity contribution < 1.29 is 4.79 Å². The van der Waals surface area contributed by atoms with Crippen molar-refractivity contribution in [1.29, 1.82) is 10.5 Å². The third-order valence-electron chi connectivity index (χ3n) is 4.73. The quantitative estimate of drug-likeness (QED) is 0.816. The lowest BCUT2D eigenvalue weighted by Crippen LogP contribution is -2.54. The van der Waals surface area contributed by atoms with Crippen molar-refractivity contribution in [3.63, 3.8) is 0 Å². The summed E-state index contributed by atoms with van der Waals surface area (Å²) >= 11 is 0. The lowest BCUT2D eigenvalue weighted by Gasteiger charge is -2.39. The molecule has 2 aliphatic heterocycles. The van der Waals surface area contributed by atoms with Gasteiger partial charge in [0, 0.05) is 5.54 Å². The van der Waals surface area contributed by atoms with Gasteiger partial charge in [0.15, 0.2) is 0 Å². The molecule has 0 saturated carbocycles. The summed E-state index contributed by atoms with van der Waals surface area (Å²) in [5, 5.41) is 21.6. The Morgan fingerprint density at radius 1 is 1.24 bits per heavy atom. The van der Waals surface area contributed by atoms with Crippen molar-refractivity contribution >= 4 is 5.91 Å². The van der Waals surface area contributed by atoms with E-state index in [1.807, 2.05) is 0 Å². The number of carbonyl (C=O) groups excluding carboxylic acids is 1. The molecule has 0 aromatic carbocycles. The number of carbonyl (C=O) groups is 1. The second kappa shape index (κ2) is 6.43. The van der Waals surface area contributed by atoms with Gasteiger partial charge in [0.05, 0.1) is 18.7 Å². The molecule has 0 aromatic heterocycles. The number of likely N-dealkylation sites (tertiary alicyclic amines) is 2. The molecule has 0 aromatic rings. The zero-order chi connectivity index (χ0) is 15.5. The first-order valence-corrected chi connectivity index (χ1v) is 7.53. The van der Waals surface area contributed by atoms with E-state index in [-0.39, 0.29) is 18.0 Å². The fraction of sp³-hybridized carbons (Fsp3) is 0.800. The smallest absolute Gasteiger partial charge is 0.238 e. The first-order chi connectivity index (χ1) is 9.99. The van der Waals surface area contributed by atoms with Crippen molar-refractivity contribution in [2.45, 2.75) is 50.2 Å². The van der Waals surface area contributed by atoms with Crippen molar-refractivity contribution in [3.8, 4) is 12.1 Å². The third-order valence-corrected chi connectivity index (χ3v) is 4.73. The van der Waals surface area contributed by atoms with Gasteiger partial charge in [-0.2, -0.15) is 10.5 Å². The van der Waals surface area contributed by atoms with Gasteiger partial charge in [0.1, 0.15) is 12.1 Å². The van der Waals surface area contributed by atoms with Gasteiger partial charge in [-0.1, -0.05) is 0 Å². The van der Waals surface area contributed by atoms with Crippen LogP contribution in [0.1, 0.15) is 32.6 Å². The molecular weight excluding hydrogens is 266 g/mol. The van der Waals surface area contributed by atoms with E-state index in [2.05, 4.69) is 36.3 Å². The van der Waals surface area contributed by atoms with Crippen LogP contribution >= 0.6 is 0 Å². The molecule has 21 heavy (non-hydrogen) atoms. The summed E-state index contributed by atoms with van der Waals surface area (Å²) in [5.74, 6) is -0.134. The summed E-state index contributed by atoms with van der Waals surface area (Å²) in [6.07, 6.45) is 3.20. The van der Waals surface area contributed by atoms with Crippen molar-refractivity contribution in [3.05, 3.63) is 0 Å². The number of rotatable bonds is 3. The second-order valence-corrected chi connectivity index (χ2v) is 6.39. The molecule has 6 heteroatoms. The first-order valence-electron chi connectivity index (χ1n) is 7.53. The molecule has 2 atom stereocenters. The molecule has 2 aliphatic rings. The zero-order valence-corrected chi connectivity index (χ0v) is 12.8. The summed E-state index contributed by atoms with van der Waals surface area (Å²) in [6, 6.07) is 3.36. The molecule has 0 spiro atoms. The maximum atomic E-state index is 12.4. The van der Waals surface area contributed by atoms with E-state index in [0.717, 1.165) is 25.9 Å². The van der Waals surface area contributed by atoms with E-state index in [4.69, 9.17) is 10.5 Å². The highest BCUT2D eigenvalue weighted by atomic mass is 16.2. The Morgan fingerprint density at radius 3 is 2.24 bits per heavy atom. The first kappa shape index (κ1) is 15.8. The van der Waals surface area contributed by atoms with E-state index in [1.165, 1.54) is 4.90 Å². The molecule has 2 fully saturated rings. The standard InChI is InChI=1S/C15H23N5O/c1-15(5-7-19(2)8-6-15)18-11-14(21)20-12(9-16)3-4-13(20)10-17/h12-13,18H,3-8,11H2,1-2H3. The molecule has 1 amide bonds. The molecule has 114 valence electrons. The second-order valence-electron chi connectivity index (χ2n) is 6.39. The Morgan fingerprint density at radius 2 is 1.76 bits per heavy atom. The Hall–Kier alpha value is -1.63. The Kier molecular flexibility index (Phi) is 4.82. The minimum Gasteiger partial charge on any atom is -0.310 e. The highest BCUT2D eigenvalue weighted by Gasteiger charge is 2.38. The maximum Gasteiger partial charge on any atom is 0.238 e. The monoisotopic (exact) mass is 289 g/mol. The molecule has 6 nitrogen and oxygen atoms in total. The Balaban J connectivity index is 1.92. The van der Waals surface area contributed by atoms with Crippen LogP contribution in [0.3, 0.4) is 0 Å². The van der Waals surface area contributed by atoms with Gasteiger partial charge < -0.3 is 15.1 Å². The van der Waals surface area contributed by atoms with Gasteiger partial charge in [0.25, 0.3) is 0 Å². The minimum absolute atomic E-state index is 0.0355. The van der Waals surface area contributed by atoms with E-state index in [9.17, 15) is 4.79 Å². The summed E-state index contributed by atoms with van der Waals surface area (Å²) in [7, 11) is 2.10. The molecule has 0 bridgehead atoms. The fourth-order valence-corrected chi connectivity index (χ4v) is 3.08. The van der Waals surface area contributed by atoms with E-state index in [1.54, 1.807) is 0 Å². The number of piperidine rings is 1. The largest absolute Gasteiger partial charge is 0.310 e. The van der Waals surface area contributed by atoms with Crippen LogP contribution in [0.2, 0.25) is 0 Å². The van der Waals surface area contributed by atoms with Gasteiger partial charge in [-0.05, 0) is 52.7 Å². The molecule has 1 N–H and O–H groups in total. The number of nitrogens with zero attached hydrogens (tertiary/aromatic N) is 4. The molecule has 0 radical (unpaired) electrons. The van der Waals surface area contributed by atoms with Gasteiger partial charge in [-0.3, -0.25) is 4.79 Å². The summed E-state index contributed by atoms with van der Waals surface area (Å²) in [5.41, 5.74) is -0.0355. The maximum absolute atomic E-state index is 12.4. The molecule has 2 heterocycles. The third kappa shape index (κ3) is 3.53. The number of nitriles is 2. The average Bonchev–Trinajstić information content (AvgIpc) is 2.91. The number of hydrogen-bond donors (Lipinski definition) is 1. The van der Waals surface area contributed by atoms with Crippen molar-refractivity contribution in [1.82, 2.24) is 15.1 Å². The van der Waals surface area contributed by atoms with Gasteiger partial charge in [-0.15, -0.1) is 0 Å².